The summed E-state index contributed by atoms with van der Waals surface area (Å²) in [7, 11) is 0. The van der Waals surface area contributed by atoms with Gasteiger partial charge in [-0.05, 0) is 103 Å². The number of fused-ring (bicyclic) bond motifs is 9. The predicted molar refractivity (Wildman–Crippen MR) is 206 cm³/mol. The molecule has 1 aromatic heterocycles. The molecule has 49 heavy (non-hydrogen) atoms. The first-order chi connectivity index (χ1) is 24.0. The van der Waals surface area contributed by atoms with Crippen LogP contribution in [0.4, 0.5) is 17.1 Å². The van der Waals surface area contributed by atoms with E-state index in [1.54, 1.807) is 0 Å². The van der Waals surface area contributed by atoms with Gasteiger partial charge in [0.05, 0.1) is 11.1 Å². The third kappa shape index (κ3) is 4.20. The maximum absolute atomic E-state index is 6.39. The fraction of sp³-hybridized carbons (Fsp3) is 0.0638. The molecule has 0 saturated carbocycles. The van der Waals surface area contributed by atoms with E-state index in [1.165, 1.54) is 54.9 Å². The molecule has 2 heteroatoms. The molecule has 0 saturated heterocycles. The fourth-order valence-electron chi connectivity index (χ4n) is 8.18. The molecule has 1 aliphatic rings. The van der Waals surface area contributed by atoms with Gasteiger partial charge in [0, 0.05) is 22.2 Å². The topological polar surface area (TPSA) is 16.4 Å². The number of furan rings is 1. The molecule has 10 rings (SSSR count). The average Bonchev–Trinajstić information content (AvgIpc) is 3.64. The second kappa shape index (κ2) is 10.4. The quantitative estimate of drug-likeness (QED) is 0.193. The Kier molecular flexibility index (Phi) is 5.95. The van der Waals surface area contributed by atoms with Crippen molar-refractivity contribution in [1.82, 2.24) is 0 Å². The summed E-state index contributed by atoms with van der Waals surface area (Å²) in [6, 6.07) is 59.5. The molecular formula is C47H33NO. The summed E-state index contributed by atoms with van der Waals surface area (Å²) in [5.41, 5.74) is 12.8. The molecule has 0 bridgehead atoms. The summed E-state index contributed by atoms with van der Waals surface area (Å²) in [6.07, 6.45) is 0. The van der Waals surface area contributed by atoms with E-state index in [-0.39, 0.29) is 5.41 Å². The second-order valence-corrected chi connectivity index (χ2v) is 13.8. The van der Waals surface area contributed by atoms with Gasteiger partial charge in [-0.3, -0.25) is 0 Å². The van der Waals surface area contributed by atoms with Gasteiger partial charge in [0.15, 0.2) is 0 Å². The van der Waals surface area contributed by atoms with E-state index in [2.05, 4.69) is 176 Å². The van der Waals surface area contributed by atoms with Crippen LogP contribution < -0.4 is 4.90 Å². The maximum atomic E-state index is 6.39. The highest BCUT2D eigenvalue weighted by atomic mass is 16.3. The van der Waals surface area contributed by atoms with Crippen molar-refractivity contribution in [3.05, 3.63) is 175 Å². The normalized spacial score (nSPS) is 13.3. The summed E-state index contributed by atoms with van der Waals surface area (Å²) < 4.78 is 6.39. The molecule has 2 nitrogen and oxygen atoms in total. The SMILES string of the molecule is CC1(C)c2cc(N(c3ccc(-c4ccc5ccccc5c4)cc3)c3cccc4oc5ccccc5c34)ccc2-c2c1ccc1ccccc21. The average molecular weight is 628 g/mol. The van der Waals surface area contributed by atoms with Crippen molar-refractivity contribution in [2.75, 3.05) is 4.90 Å². The number of benzene rings is 8. The van der Waals surface area contributed by atoms with Crippen LogP contribution in [-0.4, -0.2) is 0 Å². The van der Waals surface area contributed by atoms with Gasteiger partial charge in [0.2, 0.25) is 0 Å². The lowest BCUT2D eigenvalue weighted by Gasteiger charge is -2.28. The summed E-state index contributed by atoms with van der Waals surface area (Å²) in [5.74, 6) is 0. The van der Waals surface area contributed by atoms with Gasteiger partial charge < -0.3 is 9.32 Å². The molecule has 9 aromatic rings. The van der Waals surface area contributed by atoms with Crippen molar-refractivity contribution < 1.29 is 4.42 Å². The minimum Gasteiger partial charge on any atom is -0.456 e. The van der Waals surface area contributed by atoms with Crippen LogP contribution in [0.1, 0.15) is 25.0 Å². The fourth-order valence-corrected chi connectivity index (χ4v) is 8.18. The third-order valence-corrected chi connectivity index (χ3v) is 10.6. The lowest BCUT2D eigenvalue weighted by atomic mass is 9.82. The van der Waals surface area contributed by atoms with Gasteiger partial charge in [0.1, 0.15) is 11.2 Å². The van der Waals surface area contributed by atoms with Crippen LogP contribution in [0.5, 0.6) is 0 Å². The highest BCUT2D eigenvalue weighted by molar-refractivity contribution is 6.13. The minimum atomic E-state index is -0.148. The smallest absolute Gasteiger partial charge is 0.137 e. The van der Waals surface area contributed by atoms with Gasteiger partial charge >= 0.3 is 0 Å². The third-order valence-electron chi connectivity index (χ3n) is 10.6. The van der Waals surface area contributed by atoms with Gasteiger partial charge in [-0.1, -0.05) is 129 Å². The minimum absolute atomic E-state index is 0.148. The summed E-state index contributed by atoms with van der Waals surface area (Å²) in [4.78, 5) is 2.41. The van der Waals surface area contributed by atoms with Gasteiger partial charge in [-0.25, -0.2) is 0 Å². The highest BCUT2D eigenvalue weighted by Gasteiger charge is 2.37. The molecule has 0 radical (unpaired) electrons. The Balaban J connectivity index is 1.17. The van der Waals surface area contributed by atoms with E-state index in [4.69, 9.17) is 4.42 Å². The number of hydrogen-bond donors (Lipinski definition) is 0. The van der Waals surface area contributed by atoms with Crippen LogP contribution in [0.3, 0.4) is 0 Å². The van der Waals surface area contributed by atoms with Crippen LogP contribution in [-0.2, 0) is 5.41 Å². The Morgan fingerprint density at radius 3 is 2.00 bits per heavy atom. The molecule has 0 unspecified atom stereocenters. The molecule has 232 valence electrons. The van der Waals surface area contributed by atoms with E-state index in [0.717, 1.165) is 39.0 Å². The van der Waals surface area contributed by atoms with Crippen LogP contribution in [0, 0.1) is 0 Å². The molecular weight excluding hydrogens is 595 g/mol. The standard InChI is InChI=1S/C47H33NO/c1-47(2)40-27-22-32-11-5-6-13-37(32)45(40)38-26-25-36(29-41(38)47)48(42-15-9-17-44-46(42)39-14-7-8-16-43(39)49-44)35-23-20-31(21-24-35)34-19-18-30-10-3-4-12-33(30)28-34/h3-29H,1-2H3. The van der Waals surface area contributed by atoms with Crippen molar-refractivity contribution in [3.63, 3.8) is 0 Å². The highest BCUT2D eigenvalue weighted by Crippen LogP contribution is 2.53. The molecule has 0 aliphatic heterocycles. The van der Waals surface area contributed by atoms with E-state index in [9.17, 15) is 0 Å². The zero-order valence-corrected chi connectivity index (χ0v) is 27.4. The summed E-state index contributed by atoms with van der Waals surface area (Å²) in [5, 5.41) is 7.33. The van der Waals surface area contributed by atoms with E-state index < -0.39 is 0 Å². The van der Waals surface area contributed by atoms with Crippen molar-refractivity contribution >= 4 is 60.5 Å². The van der Waals surface area contributed by atoms with E-state index >= 15 is 0 Å². The van der Waals surface area contributed by atoms with Crippen LogP contribution >= 0.6 is 0 Å². The van der Waals surface area contributed by atoms with Gasteiger partial charge in [0.25, 0.3) is 0 Å². The number of hydrogen-bond acceptors (Lipinski definition) is 2. The first-order valence-electron chi connectivity index (χ1n) is 17.0. The Morgan fingerprint density at radius 1 is 0.469 bits per heavy atom. The number of rotatable bonds is 4. The lowest BCUT2D eigenvalue weighted by Crippen LogP contribution is -2.16. The molecule has 0 spiro atoms. The molecule has 0 atom stereocenters. The first-order valence-corrected chi connectivity index (χ1v) is 17.0. The Morgan fingerprint density at radius 2 is 1.14 bits per heavy atom. The second-order valence-electron chi connectivity index (χ2n) is 13.8. The molecule has 1 aliphatic carbocycles. The summed E-state index contributed by atoms with van der Waals surface area (Å²) >= 11 is 0. The molecule has 8 aromatic carbocycles. The zero-order valence-electron chi connectivity index (χ0n) is 27.4. The van der Waals surface area contributed by atoms with Crippen LogP contribution in [0.2, 0.25) is 0 Å². The maximum Gasteiger partial charge on any atom is 0.137 e. The monoisotopic (exact) mass is 627 g/mol. The molecule has 1 heterocycles. The van der Waals surface area contributed by atoms with Crippen molar-refractivity contribution in [2.24, 2.45) is 0 Å². The summed E-state index contributed by atoms with van der Waals surface area (Å²) in [6.45, 7) is 4.73. The van der Waals surface area contributed by atoms with Crippen LogP contribution in [0.25, 0.3) is 65.7 Å². The molecule has 0 fully saturated rings. The largest absolute Gasteiger partial charge is 0.456 e. The Hall–Kier alpha value is -6.12. The molecule has 0 N–H and O–H groups in total. The molecule has 0 amide bonds. The van der Waals surface area contributed by atoms with Gasteiger partial charge in [-0.2, -0.15) is 0 Å². The van der Waals surface area contributed by atoms with E-state index in [0.29, 0.717) is 0 Å². The predicted octanol–water partition coefficient (Wildman–Crippen LogP) is 13.3. The van der Waals surface area contributed by atoms with Gasteiger partial charge in [-0.15, -0.1) is 0 Å². The first kappa shape index (κ1) is 27.9. The number of nitrogens with zero attached hydrogens (tertiary/aromatic N) is 1. The van der Waals surface area contributed by atoms with Crippen molar-refractivity contribution in [3.8, 4) is 22.3 Å². The Bertz CT molecular complexity index is 2750. The zero-order chi connectivity index (χ0) is 32.7. The Labute approximate surface area is 285 Å². The van der Waals surface area contributed by atoms with E-state index in [1.807, 2.05) is 6.07 Å². The van der Waals surface area contributed by atoms with Crippen molar-refractivity contribution in [2.45, 2.75) is 19.3 Å². The number of para-hydroxylation sites is 1. The number of anilines is 3. The lowest BCUT2D eigenvalue weighted by molar-refractivity contribution is 0.661. The van der Waals surface area contributed by atoms with Crippen molar-refractivity contribution in [1.29, 1.82) is 0 Å². The van der Waals surface area contributed by atoms with Crippen LogP contribution in [0.15, 0.2) is 168 Å².